The average Bonchev–Trinajstić information content (AvgIpc) is 2.66. The molecule has 23 heavy (non-hydrogen) atoms. The van der Waals surface area contributed by atoms with Crippen LogP contribution in [0.25, 0.3) is 5.57 Å². The highest BCUT2D eigenvalue weighted by atomic mass is 16.5. The predicted octanol–water partition coefficient (Wildman–Crippen LogP) is 4.06. The highest BCUT2D eigenvalue weighted by molar-refractivity contribution is 6.16. The maximum absolute atomic E-state index is 11.9. The average molecular weight is 316 g/mol. The molecular formula is C19H22O4. The van der Waals surface area contributed by atoms with Crippen LogP contribution in [0, 0.1) is 0 Å². The van der Waals surface area contributed by atoms with Gasteiger partial charge < -0.3 is 14.2 Å². The molecule has 0 bridgehead atoms. The molecule has 0 atom stereocenters. The van der Waals surface area contributed by atoms with E-state index in [-0.39, 0.29) is 0 Å². The molecule has 0 heterocycles. The number of carbonyl (C=O) groups excluding carboxylic acids is 1. The molecule has 0 unspecified atom stereocenters. The van der Waals surface area contributed by atoms with Crippen LogP contribution in [-0.2, 0) is 20.9 Å². The van der Waals surface area contributed by atoms with E-state index >= 15 is 0 Å². The number of rotatable bonds is 6. The monoisotopic (exact) mass is 316 g/mol. The van der Waals surface area contributed by atoms with Gasteiger partial charge in [0, 0.05) is 1.37 Å². The molecule has 0 radical (unpaired) electrons. The van der Waals surface area contributed by atoms with Gasteiger partial charge in [-0.05, 0) is 23.3 Å². The maximum Gasteiger partial charge on any atom is 0.341 e. The van der Waals surface area contributed by atoms with Gasteiger partial charge in [0.2, 0.25) is 0 Å². The van der Waals surface area contributed by atoms with E-state index in [9.17, 15) is 4.79 Å². The number of ether oxygens (including phenoxy) is 3. The van der Waals surface area contributed by atoms with Gasteiger partial charge in [-0.2, -0.15) is 0 Å². The topological polar surface area (TPSA) is 44.8 Å². The Balaban J connectivity index is 0.00000139. The quantitative estimate of drug-likeness (QED) is 0.458. The van der Waals surface area contributed by atoms with E-state index in [0.717, 1.165) is 16.9 Å². The molecule has 0 aliphatic carbocycles. The lowest BCUT2D eigenvalue weighted by atomic mass is 10.0. The van der Waals surface area contributed by atoms with E-state index < -0.39 is 5.97 Å². The molecule has 2 aromatic carbocycles. The molecule has 4 heteroatoms. The summed E-state index contributed by atoms with van der Waals surface area (Å²) >= 11 is 0. The van der Waals surface area contributed by atoms with E-state index in [2.05, 4.69) is 0 Å². The Bertz CT molecular complexity index is 653. The minimum atomic E-state index is -0.450. The van der Waals surface area contributed by atoms with Crippen LogP contribution in [0.4, 0.5) is 0 Å². The summed E-state index contributed by atoms with van der Waals surface area (Å²) in [5.74, 6) is 0.321. The van der Waals surface area contributed by atoms with E-state index in [0.29, 0.717) is 12.2 Å². The molecule has 0 saturated heterocycles. The first-order valence-electron chi connectivity index (χ1n) is 7.83. The van der Waals surface area contributed by atoms with Crippen LogP contribution in [0.15, 0.2) is 60.9 Å². The second-order valence-electron chi connectivity index (χ2n) is 4.52. The van der Waals surface area contributed by atoms with E-state index in [1.807, 2.05) is 54.6 Å². The Morgan fingerprint density at radius 3 is 2.39 bits per heavy atom. The lowest BCUT2D eigenvalue weighted by Crippen LogP contribution is -2.08. The van der Waals surface area contributed by atoms with Gasteiger partial charge in [0.05, 0.1) is 20.5 Å². The van der Waals surface area contributed by atoms with Crippen molar-refractivity contribution in [3.8, 4) is 5.75 Å². The summed E-state index contributed by atoms with van der Waals surface area (Å²) < 4.78 is 21.3. The van der Waals surface area contributed by atoms with Crippen molar-refractivity contribution >= 4 is 11.5 Å². The predicted molar refractivity (Wildman–Crippen MR) is 90.9 cm³/mol. The summed E-state index contributed by atoms with van der Waals surface area (Å²) in [6.07, 6.45) is 1.38. The van der Waals surface area contributed by atoms with Crippen molar-refractivity contribution in [3.63, 3.8) is 0 Å². The first kappa shape index (κ1) is 16.6. The van der Waals surface area contributed by atoms with Crippen molar-refractivity contribution in [2.45, 2.75) is 14.0 Å². The van der Waals surface area contributed by atoms with Crippen LogP contribution in [0.2, 0.25) is 0 Å². The first-order valence-corrected chi connectivity index (χ1v) is 6.83. The van der Waals surface area contributed by atoms with Crippen LogP contribution in [0.1, 0.15) is 19.9 Å². The first-order chi connectivity index (χ1) is 11.8. The highest BCUT2D eigenvalue weighted by Gasteiger charge is 2.16. The zero-order valence-electron chi connectivity index (χ0n) is 14.6. The molecule has 0 aliphatic heterocycles. The summed E-state index contributed by atoms with van der Waals surface area (Å²) in [7, 11) is 4.08. The minimum Gasteiger partial charge on any atom is -0.503 e. The normalized spacial score (nSPS) is 10.7. The zero-order chi connectivity index (χ0) is 17.8. The summed E-state index contributed by atoms with van der Waals surface area (Å²) in [6.45, 7) is 0.345. The Hall–Kier alpha value is -2.75. The molecule has 4 nitrogen and oxygen atoms in total. The molecule has 0 aromatic heterocycles. The number of hydrogen-bond donors (Lipinski definition) is 0. The number of methoxy groups -OCH3 is 2. The van der Waals surface area contributed by atoms with Crippen molar-refractivity contribution in [3.05, 3.63) is 72.0 Å². The Kier molecular flexibility index (Phi) is 6.72. The van der Waals surface area contributed by atoms with Crippen molar-refractivity contribution in [2.75, 3.05) is 14.2 Å². The van der Waals surface area contributed by atoms with Gasteiger partial charge in [0.1, 0.15) is 17.9 Å². The van der Waals surface area contributed by atoms with Gasteiger partial charge >= 0.3 is 5.97 Å². The van der Waals surface area contributed by atoms with Gasteiger partial charge in [0.15, 0.2) is 0 Å². The Morgan fingerprint density at radius 2 is 1.74 bits per heavy atom. The highest BCUT2D eigenvalue weighted by Crippen LogP contribution is 2.22. The van der Waals surface area contributed by atoms with E-state index in [1.54, 1.807) is 0 Å². The fourth-order valence-corrected chi connectivity index (χ4v) is 2.04. The van der Waals surface area contributed by atoms with E-state index in [1.165, 1.54) is 27.9 Å². The molecule has 0 amide bonds. The third-order valence-electron chi connectivity index (χ3n) is 3.09. The lowest BCUT2D eigenvalue weighted by Gasteiger charge is -2.12. The van der Waals surface area contributed by atoms with Gasteiger partial charge in [-0.15, -0.1) is 0 Å². The minimum absolute atomic E-state index is 0.345. The van der Waals surface area contributed by atoms with Crippen molar-refractivity contribution in [1.29, 1.82) is 0 Å². The molecule has 2 rings (SSSR count). The molecule has 122 valence electrons. The van der Waals surface area contributed by atoms with Crippen LogP contribution in [0.5, 0.6) is 5.75 Å². The molecule has 0 fully saturated rings. The number of hydrogen-bond acceptors (Lipinski definition) is 4. The molecule has 0 N–H and O–H groups in total. The van der Waals surface area contributed by atoms with Gasteiger partial charge in [-0.25, -0.2) is 4.79 Å². The number of esters is 1. The standard InChI is InChI=1S/C18H18O4.CH4/c1-20-13-17(18(19)21-2)16-11-7-6-8-14(16)12-22-15-9-4-3-5-10-15;/h3-11,13H,12H2,1-2H3;1H4/b17-13+;/i;1T. The second kappa shape index (κ2) is 9.30. The Labute approximate surface area is 138 Å². The summed E-state index contributed by atoms with van der Waals surface area (Å²) in [4.78, 5) is 11.9. The van der Waals surface area contributed by atoms with Crippen LogP contribution in [0.3, 0.4) is 0 Å². The number of carbonyl (C=O) groups is 1. The number of benzene rings is 2. The second-order valence-corrected chi connectivity index (χ2v) is 4.52. The third-order valence-corrected chi connectivity index (χ3v) is 3.09. The molecule has 0 saturated carbocycles. The summed E-state index contributed by atoms with van der Waals surface area (Å²) in [5.41, 5.74) is 1.96. The van der Waals surface area contributed by atoms with Crippen molar-refractivity contribution < 1.29 is 20.4 Å². The maximum atomic E-state index is 11.9. The fraction of sp³-hybridized carbons (Fsp3) is 0.211. The summed E-state index contributed by atoms with van der Waals surface area (Å²) in [5, 5.41) is 0. The zero-order valence-corrected chi connectivity index (χ0v) is 13.6. The van der Waals surface area contributed by atoms with Gasteiger partial charge in [-0.3, -0.25) is 0 Å². The molecular weight excluding hydrogens is 292 g/mol. The third kappa shape index (κ3) is 4.88. The molecule has 2 aromatic rings. The lowest BCUT2D eigenvalue weighted by molar-refractivity contribution is -0.133. The molecule has 0 spiro atoms. The van der Waals surface area contributed by atoms with Gasteiger partial charge in [-0.1, -0.05) is 49.9 Å². The van der Waals surface area contributed by atoms with Gasteiger partial charge in [0.25, 0.3) is 0 Å². The SMILES string of the molecule is CO/C=C(/C(=O)OC)c1ccccc1COc1ccccc1.[3H]C. The van der Waals surface area contributed by atoms with Crippen molar-refractivity contribution in [1.82, 2.24) is 0 Å². The number of para-hydroxylation sites is 1. The van der Waals surface area contributed by atoms with Crippen LogP contribution in [-0.4, -0.2) is 20.2 Å². The van der Waals surface area contributed by atoms with E-state index in [4.69, 9.17) is 15.6 Å². The van der Waals surface area contributed by atoms with Crippen molar-refractivity contribution in [2.24, 2.45) is 0 Å². The largest absolute Gasteiger partial charge is 0.503 e. The van der Waals surface area contributed by atoms with Crippen LogP contribution >= 0.6 is 0 Å². The van der Waals surface area contributed by atoms with Crippen LogP contribution < -0.4 is 4.74 Å². The Morgan fingerprint density at radius 1 is 1.09 bits per heavy atom. The smallest absolute Gasteiger partial charge is 0.341 e. The summed E-state index contributed by atoms with van der Waals surface area (Å²) in [6, 6.07) is 17.0. The molecule has 0 aliphatic rings. The fourth-order valence-electron chi connectivity index (χ4n) is 2.04.